The van der Waals surface area contributed by atoms with Gasteiger partial charge in [0.25, 0.3) is 0 Å². The van der Waals surface area contributed by atoms with Crippen molar-refractivity contribution in [2.45, 2.75) is 64.2 Å². The van der Waals surface area contributed by atoms with Crippen LogP contribution in [-0.2, 0) is 35.2 Å². The summed E-state index contributed by atoms with van der Waals surface area (Å²) in [5.74, 6) is -1.75. The second-order valence-corrected chi connectivity index (χ2v) is 12.2. The monoisotopic (exact) mass is 633 g/mol. The molecule has 2 aromatic heterocycles. The molecule has 46 heavy (non-hydrogen) atoms. The van der Waals surface area contributed by atoms with Gasteiger partial charge in [-0.15, -0.1) is 0 Å². The van der Waals surface area contributed by atoms with Gasteiger partial charge in [0, 0.05) is 54.9 Å². The quantitative estimate of drug-likeness (QED) is 0.217. The van der Waals surface area contributed by atoms with Gasteiger partial charge in [0.1, 0.15) is 11.9 Å². The van der Waals surface area contributed by atoms with E-state index in [9.17, 15) is 27.2 Å². The highest BCUT2D eigenvalue weighted by atomic mass is 19.4. The largest absolute Gasteiger partial charge is 0.419 e. The highest BCUT2D eigenvalue weighted by Gasteiger charge is 2.37. The summed E-state index contributed by atoms with van der Waals surface area (Å²) in [5, 5.41) is 9.47. The minimum Gasteiger partial charge on any atom is -0.350 e. The van der Waals surface area contributed by atoms with Crippen molar-refractivity contribution in [3.63, 3.8) is 0 Å². The van der Waals surface area contributed by atoms with Gasteiger partial charge < -0.3 is 10.2 Å². The molecule has 0 saturated carbocycles. The number of allylic oxidation sites excluding steroid dienone is 2. The summed E-state index contributed by atoms with van der Waals surface area (Å²) in [5.41, 5.74) is 1.92. The zero-order valence-corrected chi connectivity index (χ0v) is 25.5. The number of carbonyl (C=O) groups is 2. The van der Waals surface area contributed by atoms with E-state index in [4.69, 9.17) is 5.10 Å². The van der Waals surface area contributed by atoms with Gasteiger partial charge in [0.2, 0.25) is 5.91 Å². The molecule has 11 heteroatoms. The maximum atomic E-state index is 14.9. The molecule has 6 rings (SSSR count). The minimum atomic E-state index is -4.86. The molecule has 7 nitrogen and oxygen atoms in total. The first kappa shape index (κ1) is 31.6. The van der Waals surface area contributed by atoms with E-state index < -0.39 is 23.6 Å². The number of hydrogen-bond acceptors (Lipinski definition) is 5. The Labute approximate surface area is 264 Å². The zero-order valence-electron chi connectivity index (χ0n) is 25.5. The van der Waals surface area contributed by atoms with Crippen molar-refractivity contribution in [1.82, 2.24) is 25.0 Å². The molecule has 2 aliphatic rings. The third kappa shape index (κ3) is 6.89. The van der Waals surface area contributed by atoms with Crippen LogP contribution in [0.2, 0.25) is 0 Å². The molecule has 0 bridgehead atoms. The van der Waals surface area contributed by atoms with Crippen LogP contribution >= 0.6 is 0 Å². The van der Waals surface area contributed by atoms with Crippen molar-refractivity contribution in [2.75, 3.05) is 19.6 Å². The molecule has 0 radical (unpaired) electrons. The van der Waals surface area contributed by atoms with Gasteiger partial charge in [0.15, 0.2) is 5.78 Å². The summed E-state index contributed by atoms with van der Waals surface area (Å²) in [6.07, 6.45) is 2.83. The number of hydrogen-bond donors (Lipinski definition) is 1. The molecule has 0 aliphatic carbocycles. The fraction of sp³-hybridized carbons (Fsp3) is 0.371. The van der Waals surface area contributed by atoms with Crippen molar-refractivity contribution in [3.8, 4) is 0 Å². The lowest BCUT2D eigenvalue weighted by Gasteiger charge is -2.29. The Morgan fingerprint density at radius 3 is 2.57 bits per heavy atom. The molecule has 4 aromatic rings. The molecular weight excluding hydrogens is 598 g/mol. The summed E-state index contributed by atoms with van der Waals surface area (Å²) in [7, 11) is 0. The maximum absolute atomic E-state index is 14.9. The lowest BCUT2D eigenvalue weighted by molar-refractivity contribution is -0.140. The number of nitrogens with one attached hydrogen (secondary N) is 1. The molecular formula is C35H35F4N5O2. The van der Waals surface area contributed by atoms with Crippen LogP contribution < -0.4 is 5.32 Å². The predicted octanol–water partition coefficient (Wildman–Crippen LogP) is 6.36. The van der Waals surface area contributed by atoms with Crippen LogP contribution in [0.4, 0.5) is 17.6 Å². The summed E-state index contributed by atoms with van der Waals surface area (Å²) in [6.45, 7) is 4.65. The summed E-state index contributed by atoms with van der Waals surface area (Å²) in [4.78, 5) is 33.0. The SMILES string of the molecule is CC1=C(C(=O)Cc2ccc3cnccc3c2)C(c2ccc(C(F)(F)F)c(F)c2)n2nc(CNC(=O)CCN3CCCCC3)cc2C1. The molecule has 1 fully saturated rings. The first-order valence-electron chi connectivity index (χ1n) is 15.6. The second-order valence-electron chi connectivity index (χ2n) is 12.2. The number of carbonyl (C=O) groups excluding carboxylic acids is 2. The van der Waals surface area contributed by atoms with Gasteiger partial charge in [-0.05, 0) is 73.6 Å². The predicted molar refractivity (Wildman–Crippen MR) is 165 cm³/mol. The topological polar surface area (TPSA) is 80.1 Å². The highest BCUT2D eigenvalue weighted by Crippen LogP contribution is 2.39. The standard InChI is InChI=1S/C35H35F4N5O2/c1-22-15-28-19-27(21-41-32(46)10-14-43-12-3-2-4-13-43)42-44(28)34(25-7-8-29(30(36)18-25)35(37,38)39)33(22)31(45)17-23-5-6-26-20-40-11-9-24(26)16-23/h5-9,11,16,18-20,34H,2-4,10,12-15,17,21H2,1H3,(H,41,46). The summed E-state index contributed by atoms with van der Waals surface area (Å²) >= 11 is 0. The molecule has 4 heterocycles. The van der Waals surface area contributed by atoms with E-state index in [1.165, 1.54) is 12.5 Å². The van der Waals surface area contributed by atoms with E-state index >= 15 is 0 Å². The van der Waals surface area contributed by atoms with Crippen LogP contribution in [0.5, 0.6) is 0 Å². The lowest BCUT2D eigenvalue weighted by atomic mass is 9.85. The van der Waals surface area contributed by atoms with Gasteiger partial charge in [-0.2, -0.15) is 18.3 Å². The van der Waals surface area contributed by atoms with Crippen LogP contribution in [0.3, 0.4) is 0 Å². The fourth-order valence-electron chi connectivity index (χ4n) is 6.53. The summed E-state index contributed by atoms with van der Waals surface area (Å²) in [6, 6.07) is 11.1. The first-order valence-corrected chi connectivity index (χ1v) is 15.6. The van der Waals surface area contributed by atoms with E-state index in [0.717, 1.165) is 59.6 Å². The van der Waals surface area contributed by atoms with Crippen LogP contribution in [0.1, 0.15) is 66.7 Å². The van der Waals surface area contributed by atoms with Crippen LogP contribution in [0.15, 0.2) is 72.1 Å². The molecule has 1 atom stereocenters. The number of ketones is 1. The second kappa shape index (κ2) is 13.2. The van der Waals surface area contributed by atoms with Crippen molar-refractivity contribution in [3.05, 3.63) is 106 Å². The summed E-state index contributed by atoms with van der Waals surface area (Å²) < 4.78 is 56.8. The zero-order chi connectivity index (χ0) is 32.4. The number of piperidine rings is 1. The normalized spacial score (nSPS) is 17.3. The van der Waals surface area contributed by atoms with Gasteiger partial charge >= 0.3 is 6.18 Å². The molecule has 1 amide bonds. The number of rotatable bonds is 9. The Kier molecular flexibility index (Phi) is 9.04. The van der Waals surface area contributed by atoms with E-state index in [1.807, 2.05) is 37.3 Å². The van der Waals surface area contributed by atoms with E-state index in [1.54, 1.807) is 17.1 Å². The molecule has 240 valence electrons. The van der Waals surface area contributed by atoms with Gasteiger partial charge in [0.05, 0.1) is 17.8 Å². The molecule has 1 N–H and O–H groups in total. The van der Waals surface area contributed by atoms with E-state index in [2.05, 4.69) is 15.2 Å². The number of likely N-dealkylation sites (tertiary alicyclic amines) is 1. The Bertz CT molecular complexity index is 1810. The molecule has 1 unspecified atom stereocenters. The van der Waals surface area contributed by atoms with Crippen molar-refractivity contribution < 1.29 is 27.2 Å². The average molecular weight is 634 g/mol. The van der Waals surface area contributed by atoms with Crippen LogP contribution in [-0.4, -0.2) is 51.0 Å². The van der Waals surface area contributed by atoms with Gasteiger partial charge in [-0.3, -0.25) is 19.3 Å². The Morgan fingerprint density at radius 2 is 1.80 bits per heavy atom. The number of halogens is 4. The molecule has 1 saturated heterocycles. The van der Waals surface area contributed by atoms with E-state index in [0.29, 0.717) is 36.7 Å². The van der Waals surface area contributed by atoms with Crippen molar-refractivity contribution in [1.29, 1.82) is 0 Å². The maximum Gasteiger partial charge on any atom is 0.419 e. The van der Waals surface area contributed by atoms with Crippen molar-refractivity contribution in [2.24, 2.45) is 0 Å². The first-order chi connectivity index (χ1) is 22.1. The van der Waals surface area contributed by atoms with Crippen molar-refractivity contribution >= 4 is 22.5 Å². The Balaban J connectivity index is 1.27. The van der Waals surface area contributed by atoms with Gasteiger partial charge in [-0.1, -0.05) is 36.3 Å². The number of nitrogens with zero attached hydrogens (tertiary/aromatic N) is 4. The molecule has 2 aliphatic heterocycles. The fourth-order valence-corrected chi connectivity index (χ4v) is 6.53. The minimum absolute atomic E-state index is 0.0427. The lowest BCUT2D eigenvalue weighted by Crippen LogP contribution is -2.34. The molecule has 2 aromatic carbocycles. The number of fused-ring (bicyclic) bond motifs is 2. The Hall–Kier alpha value is -4.38. The number of benzene rings is 2. The number of pyridine rings is 1. The number of amides is 1. The number of Topliss-reactive ketones (excluding diaryl/α,β-unsaturated/α-hetero) is 1. The Morgan fingerprint density at radius 1 is 1.00 bits per heavy atom. The van der Waals surface area contributed by atoms with Crippen LogP contribution in [0.25, 0.3) is 10.8 Å². The van der Waals surface area contributed by atoms with Crippen LogP contribution in [0, 0.1) is 5.82 Å². The number of aromatic nitrogens is 3. The third-order valence-electron chi connectivity index (χ3n) is 8.84. The molecule has 0 spiro atoms. The van der Waals surface area contributed by atoms with Gasteiger partial charge in [-0.25, -0.2) is 4.39 Å². The number of alkyl halides is 3. The smallest absolute Gasteiger partial charge is 0.350 e. The van der Waals surface area contributed by atoms with E-state index in [-0.39, 0.29) is 30.2 Å². The highest BCUT2D eigenvalue weighted by molar-refractivity contribution is 5.99. The third-order valence-corrected chi connectivity index (χ3v) is 8.84. The average Bonchev–Trinajstić information content (AvgIpc) is 3.44.